The summed E-state index contributed by atoms with van der Waals surface area (Å²) < 4.78 is 6.85. The maximum atomic E-state index is 12.6. The van der Waals surface area contributed by atoms with Crippen molar-refractivity contribution in [1.82, 2.24) is 24.7 Å². The molecule has 1 aliphatic rings. The third-order valence-corrected chi connectivity index (χ3v) is 5.44. The van der Waals surface area contributed by atoms with Gasteiger partial charge in [0.1, 0.15) is 12.9 Å². The van der Waals surface area contributed by atoms with Crippen LogP contribution in [0.1, 0.15) is 47.5 Å². The van der Waals surface area contributed by atoms with Crippen molar-refractivity contribution in [2.45, 2.75) is 38.1 Å². The highest BCUT2D eigenvalue weighted by atomic mass is 16.5. The van der Waals surface area contributed by atoms with Gasteiger partial charge in [-0.25, -0.2) is 9.97 Å². The van der Waals surface area contributed by atoms with Crippen LogP contribution in [-0.4, -0.2) is 24.7 Å². The van der Waals surface area contributed by atoms with Crippen LogP contribution in [0.2, 0.25) is 0 Å². The summed E-state index contributed by atoms with van der Waals surface area (Å²) in [5, 5.41) is 4.61. The van der Waals surface area contributed by atoms with Gasteiger partial charge in [-0.2, -0.15) is 4.98 Å². The Morgan fingerprint density at radius 3 is 2.75 bits per heavy atom. The van der Waals surface area contributed by atoms with Gasteiger partial charge in [0, 0.05) is 12.1 Å². The Morgan fingerprint density at radius 2 is 1.93 bits per heavy atom. The van der Waals surface area contributed by atoms with E-state index in [1.165, 1.54) is 22.0 Å². The molecule has 0 bridgehead atoms. The van der Waals surface area contributed by atoms with Crippen molar-refractivity contribution >= 4 is 11.0 Å². The van der Waals surface area contributed by atoms with Crippen molar-refractivity contribution in [3.8, 4) is 0 Å². The van der Waals surface area contributed by atoms with Crippen LogP contribution in [-0.2, 0) is 6.54 Å². The Balaban J connectivity index is 1.29. The van der Waals surface area contributed by atoms with Crippen LogP contribution in [0, 0.1) is 6.92 Å². The summed E-state index contributed by atoms with van der Waals surface area (Å²) in [4.78, 5) is 25.4. The van der Waals surface area contributed by atoms with Crippen molar-refractivity contribution in [3.05, 3.63) is 82.1 Å². The van der Waals surface area contributed by atoms with Crippen molar-refractivity contribution in [2.24, 2.45) is 0 Å². The van der Waals surface area contributed by atoms with E-state index in [1.807, 2.05) is 0 Å². The molecule has 0 amide bonds. The normalized spacial score (nSPS) is 18.9. The fraction of sp³-hybridized carbons (Fsp3) is 0.286. The van der Waals surface area contributed by atoms with E-state index in [0.29, 0.717) is 28.8 Å². The highest BCUT2D eigenvalue weighted by molar-refractivity contribution is 5.72. The molecule has 1 aliphatic carbocycles. The van der Waals surface area contributed by atoms with Crippen LogP contribution < -0.4 is 5.56 Å². The lowest BCUT2D eigenvalue weighted by Gasteiger charge is -2.33. The van der Waals surface area contributed by atoms with Gasteiger partial charge in [-0.1, -0.05) is 35.0 Å². The first-order valence-electron chi connectivity index (χ1n) is 9.36. The molecule has 0 aliphatic heterocycles. The zero-order valence-electron chi connectivity index (χ0n) is 15.4. The van der Waals surface area contributed by atoms with E-state index in [0.717, 1.165) is 18.7 Å². The summed E-state index contributed by atoms with van der Waals surface area (Å²) >= 11 is 0. The van der Waals surface area contributed by atoms with E-state index in [-0.39, 0.29) is 12.1 Å². The monoisotopic (exact) mass is 373 g/mol. The quantitative estimate of drug-likeness (QED) is 0.546. The highest BCUT2D eigenvalue weighted by Gasteiger charge is 2.34. The number of benzene rings is 1. The van der Waals surface area contributed by atoms with Gasteiger partial charge < -0.3 is 4.52 Å². The van der Waals surface area contributed by atoms with Gasteiger partial charge in [0.25, 0.3) is 5.56 Å². The molecule has 3 heterocycles. The maximum Gasteiger partial charge on any atom is 0.263 e. The topological polar surface area (TPSA) is 86.7 Å². The average Bonchev–Trinajstić information content (AvgIpc) is 3.13. The van der Waals surface area contributed by atoms with Gasteiger partial charge in [0.2, 0.25) is 5.89 Å². The van der Waals surface area contributed by atoms with E-state index >= 15 is 0 Å². The second kappa shape index (κ2) is 6.67. The Morgan fingerprint density at radius 1 is 1.11 bits per heavy atom. The van der Waals surface area contributed by atoms with Crippen molar-refractivity contribution in [2.75, 3.05) is 0 Å². The lowest BCUT2D eigenvalue weighted by Crippen LogP contribution is -2.22. The van der Waals surface area contributed by atoms with Gasteiger partial charge in [-0.05, 0) is 43.4 Å². The Hall–Kier alpha value is -3.35. The number of nitrogens with zero attached hydrogens (tertiary/aromatic N) is 5. The lowest BCUT2D eigenvalue weighted by molar-refractivity contribution is 0.315. The zero-order valence-corrected chi connectivity index (χ0v) is 15.4. The first-order valence-corrected chi connectivity index (χ1v) is 9.36. The van der Waals surface area contributed by atoms with E-state index in [9.17, 15) is 4.79 Å². The van der Waals surface area contributed by atoms with Gasteiger partial charge >= 0.3 is 0 Å². The van der Waals surface area contributed by atoms with Gasteiger partial charge in [0.15, 0.2) is 11.5 Å². The molecule has 28 heavy (non-hydrogen) atoms. The molecule has 0 N–H and O–H groups in total. The predicted molar refractivity (Wildman–Crippen MR) is 103 cm³/mol. The molecule has 3 aromatic heterocycles. The van der Waals surface area contributed by atoms with E-state index < -0.39 is 0 Å². The summed E-state index contributed by atoms with van der Waals surface area (Å²) in [6, 6.07) is 12.1. The minimum atomic E-state index is -0.166. The number of aromatic nitrogens is 5. The molecule has 7 nitrogen and oxygen atoms in total. The Bertz CT molecular complexity index is 1190. The molecule has 1 aromatic carbocycles. The number of aryl methyl sites for hydroxylation is 1. The largest absolute Gasteiger partial charge is 0.337 e. The van der Waals surface area contributed by atoms with Gasteiger partial charge in [-0.15, -0.1) is 0 Å². The summed E-state index contributed by atoms with van der Waals surface area (Å²) in [6.45, 7) is 2.30. The highest BCUT2D eigenvalue weighted by Crippen LogP contribution is 2.46. The minimum Gasteiger partial charge on any atom is -0.337 e. The molecule has 0 atom stereocenters. The third kappa shape index (κ3) is 2.98. The van der Waals surface area contributed by atoms with Crippen LogP contribution in [0.4, 0.5) is 0 Å². The molecule has 1 saturated carbocycles. The SMILES string of the molecule is Cc1ccc(C2CC(c3noc(Cn4cnc5ncccc5c4=O)n3)C2)cc1. The smallest absolute Gasteiger partial charge is 0.263 e. The fourth-order valence-electron chi connectivity index (χ4n) is 3.69. The van der Waals surface area contributed by atoms with Crippen LogP contribution in [0.3, 0.4) is 0 Å². The molecular formula is C21H19N5O2. The summed E-state index contributed by atoms with van der Waals surface area (Å²) in [6.07, 6.45) is 5.13. The summed E-state index contributed by atoms with van der Waals surface area (Å²) in [5.41, 5.74) is 2.91. The molecule has 0 saturated heterocycles. The fourth-order valence-corrected chi connectivity index (χ4v) is 3.69. The number of fused-ring (bicyclic) bond motifs is 1. The molecular weight excluding hydrogens is 354 g/mol. The first-order chi connectivity index (χ1) is 13.7. The summed E-state index contributed by atoms with van der Waals surface area (Å²) in [5.74, 6) is 1.99. The van der Waals surface area contributed by atoms with E-state index in [4.69, 9.17) is 4.52 Å². The maximum absolute atomic E-state index is 12.6. The molecule has 0 spiro atoms. The third-order valence-electron chi connectivity index (χ3n) is 5.44. The average molecular weight is 373 g/mol. The van der Waals surface area contributed by atoms with Crippen LogP contribution >= 0.6 is 0 Å². The molecule has 7 heteroatoms. The molecule has 0 unspecified atom stereocenters. The first kappa shape index (κ1) is 16.8. The minimum absolute atomic E-state index is 0.166. The second-order valence-corrected chi connectivity index (χ2v) is 7.37. The van der Waals surface area contributed by atoms with Gasteiger partial charge in [-0.3, -0.25) is 9.36 Å². The van der Waals surface area contributed by atoms with Crippen molar-refractivity contribution in [1.29, 1.82) is 0 Å². The Kier molecular flexibility index (Phi) is 4.00. The molecule has 5 rings (SSSR count). The predicted octanol–water partition coefficient (Wildman–Crippen LogP) is 3.19. The Labute approximate surface area is 161 Å². The molecule has 140 valence electrons. The number of hydrogen-bond acceptors (Lipinski definition) is 6. The van der Waals surface area contributed by atoms with E-state index in [2.05, 4.69) is 51.3 Å². The standard InChI is InChI=1S/C21H19N5O2/c1-13-4-6-14(7-5-13)15-9-16(10-15)19-24-18(28-25-19)11-26-12-23-20-17(21(26)27)3-2-8-22-20/h2-8,12,15-16H,9-11H2,1H3. The molecule has 4 aromatic rings. The second-order valence-electron chi connectivity index (χ2n) is 7.37. The molecule has 1 fully saturated rings. The van der Waals surface area contributed by atoms with Crippen LogP contribution in [0.5, 0.6) is 0 Å². The summed E-state index contributed by atoms with van der Waals surface area (Å²) in [7, 11) is 0. The number of hydrogen-bond donors (Lipinski definition) is 0. The van der Waals surface area contributed by atoms with Gasteiger partial charge in [0.05, 0.1) is 5.39 Å². The van der Waals surface area contributed by atoms with Crippen LogP contribution in [0.25, 0.3) is 11.0 Å². The zero-order chi connectivity index (χ0) is 19.1. The van der Waals surface area contributed by atoms with E-state index in [1.54, 1.807) is 18.3 Å². The van der Waals surface area contributed by atoms with Crippen LogP contribution in [0.15, 0.2) is 58.2 Å². The van der Waals surface area contributed by atoms with Crippen molar-refractivity contribution in [3.63, 3.8) is 0 Å². The number of pyridine rings is 1. The lowest BCUT2D eigenvalue weighted by atomic mass is 9.71. The molecule has 0 radical (unpaired) electrons. The number of rotatable bonds is 4. The van der Waals surface area contributed by atoms with Crippen molar-refractivity contribution < 1.29 is 4.52 Å².